The summed E-state index contributed by atoms with van der Waals surface area (Å²) in [7, 11) is 0. The van der Waals surface area contributed by atoms with Gasteiger partial charge in [0.15, 0.2) is 0 Å². The molecule has 0 atom stereocenters. The fourth-order valence-corrected chi connectivity index (χ4v) is 16.4. The predicted octanol–water partition coefficient (Wildman–Crippen LogP) is 17.6. The van der Waals surface area contributed by atoms with E-state index < -0.39 is 0 Å². The van der Waals surface area contributed by atoms with Gasteiger partial charge in [-0.3, -0.25) is 61.3 Å². The lowest BCUT2D eigenvalue weighted by atomic mass is 10.1. The zero-order chi connectivity index (χ0) is 78.7. The van der Waals surface area contributed by atoms with Crippen LogP contribution >= 0.6 is 105 Å². The summed E-state index contributed by atoms with van der Waals surface area (Å²) in [6.45, 7) is 3.62. The maximum Gasteiger partial charge on any atom is 0.268 e. The van der Waals surface area contributed by atoms with Crippen LogP contribution in [0.2, 0.25) is 35.2 Å². The molecule has 12 heterocycles. The van der Waals surface area contributed by atoms with Crippen LogP contribution in [-0.4, -0.2) is 87.5 Å². The zero-order valence-electron chi connectivity index (χ0n) is 59.9. The van der Waals surface area contributed by atoms with Crippen molar-refractivity contribution in [1.82, 2.24) is 36.5 Å². The molecule has 0 amide bonds. The van der Waals surface area contributed by atoms with Crippen LogP contribution in [0.15, 0.2) is 268 Å². The average molecular weight is 1720 g/mol. The largest absolute Gasteiger partial charge is 0.412 e. The van der Waals surface area contributed by atoms with E-state index in [4.69, 9.17) is 91.0 Å². The standard InChI is InChI=1S/3C21H12Cl2N2O2.C21H13ClN2O2.C2H6O.ClHO.ClH.2H2O/c2*22-14-6-3-7-15(23)13(14)11-25-16-8-2-1-5-12(16)20(26)18-19(25)17-9-4-10-24(17)21(18)27;22-14-8-7-12(10-15(14)23)11-25-16-5-2-1-4-13(16)20(26)18-19(25)17-6-3-9-24(17)21(18)27;22-14-9-7-13(8-10-14)12-24-16-5-2-1-4-15(16)20(25)18-19(24)17-6-3-11-23(17)21(18)26;1-2-3;1-2;;;/h3*1-10H,11H2;1-11H,12H2;3H,2H2,1H3;2H;1H;2*1H2. The van der Waals surface area contributed by atoms with Crippen molar-refractivity contribution in [1.29, 1.82) is 0 Å². The third kappa shape index (κ3) is 14.6. The summed E-state index contributed by atoms with van der Waals surface area (Å²) >= 11 is 47.4. The Hall–Kier alpha value is -11.2. The molecule has 8 aromatic carbocycles. The summed E-state index contributed by atoms with van der Waals surface area (Å²) < 4.78 is 20.5. The normalized spacial score (nSPS) is 11.8. The summed E-state index contributed by atoms with van der Waals surface area (Å²) in [4.78, 5) is 103. The third-order valence-corrected chi connectivity index (χ3v) is 22.1. The first-order valence-corrected chi connectivity index (χ1v) is 37.6. The zero-order valence-corrected chi connectivity index (χ0v) is 66.7. The predicted molar refractivity (Wildman–Crippen MR) is 458 cm³/mol. The highest BCUT2D eigenvalue weighted by Crippen LogP contribution is 2.41. The lowest BCUT2D eigenvalue weighted by Gasteiger charge is -2.17. The second-order valence-electron chi connectivity index (χ2n) is 26.0. The maximum absolute atomic E-state index is 13.0. The van der Waals surface area contributed by atoms with Gasteiger partial charge in [0, 0.05) is 102 Å². The lowest BCUT2D eigenvalue weighted by Crippen LogP contribution is -2.20. The average Bonchev–Trinajstić information content (AvgIpc) is 1.60. The van der Waals surface area contributed by atoms with Gasteiger partial charge in [0.25, 0.3) is 23.6 Å². The van der Waals surface area contributed by atoms with Gasteiger partial charge in [-0.15, -0.1) is 12.4 Å². The monoisotopic (exact) mass is 1710 g/mol. The molecule has 16 aromatic rings. The molecule has 0 aliphatic carbocycles. The lowest BCUT2D eigenvalue weighted by molar-refractivity contribution is 0.0960. The van der Waals surface area contributed by atoms with E-state index in [-0.39, 0.29) is 97.6 Å². The van der Waals surface area contributed by atoms with Crippen LogP contribution in [-0.2, 0) is 26.2 Å². The molecular formula is C86H61Cl9N8O12. The molecule has 0 bridgehead atoms. The molecule has 0 unspecified atom stereocenters. The van der Waals surface area contributed by atoms with Gasteiger partial charge >= 0.3 is 0 Å². The summed E-state index contributed by atoms with van der Waals surface area (Å²) in [5, 5.41) is 13.4. The Morgan fingerprint density at radius 1 is 0.296 bits per heavy atom. The van der Waals surface area contributed by atoms with Gasteiger partial charge in [-0.2, -0.15) is 0 Å². The number of benzene rings is 8. The first kappa shape index (κ1) is 83.3. The highest BCUT2D eigenvalue weighted by atomic mass is 35.5. The van der Waals surface area contributed by atoms with E-state index in [9.17, 15) is 38.4 Å². The minimum absolute atomic E-state index is 0. The number of para-hydroxylation sites is 4. The van der Waals surface area contributed by atoms with E-state index in [2.05, 4.69) is 11.9 Å². The van der Waals surface area contributed by atoms with E-state index in [1.807, 2.05) is 134 Å². The van der Waals surface area contributed by atoms with Crippen LogP contribution in [0.25, 0.3) is 89.2 Å². The summed E-state index contributed by atoms with van der Waals surface area (Å²) in [6.07, 6.45) is 6.74. The van der Waals surface area contributed by atoms with Crippen molar-refractivity contribution >= 4 is 173 Å². The molecule has 0 saturated heterocycles. The molecule has 4 aliphatic heterocycles. The van der Waals surface area contributed by atoms with Gasteiger partial charge in [0.05, 0.1) is 103 Å². The molecule has 580 valence electrons. The van der Waals surface area contributed by atoms with E-state index in [0.717, 1.165) is 55.7 Å². The van der Waals surface area contributed by atoms with Crippen LogP contribution in [0, 0.1) is 0 Å². The van der Waals surface area contributed by atoms with Gasteiger partial charge in [0.1, 0.15) is 22.3 Å². The first-order chi connectivity index (χ1) is 54.3. The highest BCUT2D eigenvalue weighted by molar-refractivity contribution is 6.42. The quantitative estimate of drug-likeness (QED) is 0.145. The van der Waals surface area contributed by atoms with Crippen molar-refractivity contribution < 1.29 is 39.9 Å². The van der Waals surface area contributed by atoms with E-state index in [0.29, 0.717) is 117 Å². The molecule has 4 aliphatic rings. The Balaban J connectivity index is 0.000000138. The third-order valence-electron chi connectivity index (χ3n) is 19.7. The number of pyridine rings is 4. The molecule has 0 spiro atoms. The maximum atomic E-state index is 13.0. The Labute approximate surface area is 698 Å². The molecule has 0 radical (unpaired) electrons. The number of halogens is 9. The smallest absolute Gasteiger partial charge is 0.268 e. The molecule has 115 heavy (non-hydrogen) atoms. The molecule has 6 N–H and O–H groups in total. The molecule has 0 saturated carbocycles. The second kappa shape index (κ2) is 34.5. The number of rotatable bonds is 8. The molecule has 0 fully saturated rings. The van der Waals surface area contributed by atoms with Gasteiger partial charge in [0.2, 0.25) is 21.7 Å². The van der Waals surface area contributed by atoms with Crippen LogP contribution in [0.3, 0.4) is 0 Å². The van der Waals surface area contributed by atoms with Crippen molar-refractivity contribution in [3.8, 4) is 45.6 Å². The number of aromatic nitrogens is 8. The molecule has 29 heteroatoms. The Bertz CT molecular complexity index is 6630. The van der Waals surface area contributed by atoms with Crippen LogP contribution in [0.4, 0.5) is 0 Å². The number of aliphatic hydroxyl groups excluding tert-OH is 1. The SMILES string of the molecule is CCO.Cl.O.O.O=C1c2c(n(Cc3c(Cl)cccc3Cl)c3ccccc3c2=O)-c2cccn21.O=C1c2c(n(Cc3c(Cl)cccc3Cl)c3ccccc3c2=O)-c2cccn21.O=C1c2c(n(Cc3ccc(Cl)c(Cl)c3)c3ccccc3c2=O)-c2cccn21.O=C1c2c(n(Cc3ccc(Cl)cc3)c3ccccc3c2=O)-c2cccn21.OCl. The number of hydrogen-bond acceptors (Lipinski definition) is 10. The number of carbonyl (C=O) groups excluding carboxylic acids is 4. The minimum atomic E-state index is -0.306. The minimum Gasteiger partial charge on any atom is -0.412 e. The van der Waals surface area contributed by atoms with Gasteiger partial charge in [-0.25, -0.2) is 0 Å². The van der Waals surface area contributed by atoms with Crippen molar-refractivity contribution in [3.63, 3.8) is 0 Å². The van der Waals surface area contributed by atoms with Crippen molar-refractivity contribution in [2.75, 3.05) is 6.61 Å². The van der Waals surface area contributed by atoms with E-state index >= 15 is 0 Å². The van der Waals surface area contributed by atoms with Gasteiger partial charge in [-0.05, 0) is 164 Å². The number of fused-ring (bicyclic) bond motifs is 16. The second-order valence-corrected chi connectivity index (χ2v) is 28.9. The fourth-order valence-electron chi connectivity index (χ4n) is 14.9. The summed E-state index contributed by atoms with van der Waals surface area (Å²) in [6, 6.07) is 67.7. The fraction of sp³-hybridized carbons (Fsp3) is 0.0698. The molecular weight excluding hydrogens is 1660 g/mol. The highest BCUT2D eigenvalue weighted by Gasteiger charge is 2.38. The van der Waals surface area contributed by atoms with Crippen LogP contribution < -0.4 is 21.7 Å². The molecule has 20 nitrogen and oxygen atoms in total. The first-order valence-electron chi connectivity index (χ1n) is 34.6. The Morgan fingerprint density at radius 2 is 0.557 bits per heavy atom. The van der Waals surface area contributed by atoms with Crippen molar-refractivity contribution in [3.05, 3.63) is 370 Å². The van der Waals surface area contributed by atoms with Gasteiger partial charge in [-0.1, -0.05) is 160 Å². The Kier molecular flexibility index (Phi) is 25.0. The topological polar surface area (TPSA) is 279 Å². The van der Waals surface area contributed by atoms with E-state index in [1.54, 1.807) is 145 Å². The van der Waals surface area contributed by atoms with E-state index in [1.165, 1.54) is 13.7 Å². The number of hydrogen-bond donors (Lipinski definition) is 2. The molecule has 8 aromatic heterocycles. The van der Waals surface area contributed by atoms with Crippen LogP contribution in [0.1, 0.15) is 70.6 Å². The Morgan fingerprint density at radius 3 is 0.843 bits per heavy atom. The number of aliphatic hydroxyl groups is 1. The van der Waals surface area contributed by atoms with Crippen molar-refractivity contribution in [2.45, 2.75) is 33.1 Å². The number of carbonyl (C=O) groups is 4. The summed E-state index contributed by atoms with van der Waals surface area (Å²) in [5.41, 5.74) is 11.8. The van der Waals surface area contributed by atoms with Crippen molar-refractivity contribution in [2.24, 2.45) is 0 Å². The molecule has 20 rings (SSSR count). The van der Waals surface area contributed by atoms with Crippen LogP contribution in [0.5, 0.6) is 0 Å². The number of nitrogens with zero attached hydrogens (tertiary/aromatic N) is 8. The van der Waals surface area contributed by atoms with Gasteiger partial charge < -0.3 is 34.3 Å². The summed E-state index contributed by atoms with van der Waals surface area (Å²) in [5.74, 6) is -1.16.